The maximum absolute atomic E-state index is 11.2. The molecule has 0 aromatic heterocycles. The second-order valence-corrected chi connectivity index (χ2v) is 4.28. The topological polar surface area (TPSA) is 64.9 Å². The van der Waals surface area contributed by atoms with Gasteiger partial charge in [-0.2, -0.15) is 5.26 Å². The van der Waals surface area contributed by atoms with E-state index in [2.05, 4.69) is 17.6 Å². The first kappa shape index (κ1) is 12.0. The van der Waals surface area contributed by atoms with Crippen LogP contribution in [0.3, 0.4) is 0 Å². The molecule has 0 spiro atoms. The van der Waals surface area contributed by atoms with Gasteiger partial charge in [0.15, 0.2) is 0 Å². The summed E-state index contributed by atoms with van der Waals surface area (Å²) < 4.78 is 0. The van der Waals surface area contributed by atoms with Crippen LogP contribution in [0.25, 0.3) is 0 Å². The Bertz CT molecular complexity index is 247. The van der Waals surface area contributed by atoms with E-state index in [1.165, 1.54) is 12.8 Å². The van der Waals surface area contributed by atoms with Gasteiger partial charge in [0.2, 0.25) is 5.91 Å². The molecule has 0 aliphatic heterocycles. The Morgan fingerprint density at radius 2 is 2.33 bits per heavy atom. The molecule has 1 saturated carbocycles. The first-order valence-corrected chi connectivity index (χ1v) is 5.59. The Morgan fingerprint density at radius 3 is 3.00 bits per heavy atom. The predicted octanol–water partition coefficient (Wildman–Crippen LogP) is 0.794. The molecule has 4 heteroatoms. The molecule has 0 bridgehead atoms. The molecule has 1 aliphatic rings. The third-order valence-corrected chi connectivity index (χ3v) is 2.85. The predicted molar refractivity (Wildman–Crippen MR) is 58.0 cm³/mol. The molecule has 2 atom stereocenters. The molecule has 0 aromatic carbocycles. The molecular formula is C11H19N3O. The van der Waals surface area contributed by atoms with E-state index in [0.29, 0.717) is 12.6 Å². The minimum atomic E-state index is -0.0882. The number of amides is 1. The van der Waals surface area contributed by atoms with Crippen molar-refractivity contribution in [1.29, 1.82) is 5.26 Å². The highest BCUT2D eigenvalue weighted by atomic mass is 16.1. The molecule has 1 amide bonds. The number of nitrogens with one attached hydrogen (secondary N) is 2. The van der Waals surface area contributed by atoms with E-state index in [9.17, 15) is 4.79 Å². The van der Waals surface area contributed by atoms with E-state index in [0.717, 1.165) is 18.8 Å². The second kappa shape index (κ2) is 6.41. The molecule has 84 valence electrons. The van der Waals surface area contributed by atoms with Crippen LogP contribution in [0.5, 0.6) is 0 Å². The standard InChI is InChI=1S/C11H19N3O/c1-9-3-2-4-10(7-9)14-8-11(15)13-6-5-12/h9-10,14H,2-4,6-8H2,1H3,(H,13,15). The lowest BCUT2D eigenvalue weighted by atomic mass is 9.87. The van der Waals surface area contributed by atoms with Crippen LogP contribution in [0.15, 0.2) is 0 Å². The van der Waals surface area contributed by atoms with Crippen molar-refractivity contribution in [2.24, 2.45) is 5.92 Å². The lowest BCUT2D eigenvalue weighted by Crippen LogP contribution is -2.41. The Morgan fingerprint density at radius 1 is 1.53 bits per heavy atom. The van der Waals surface area contributed by atoms with E-state index in [1.807, 2.05) is 6.07 Å². The average Bonchev–Trinajstić information content (AvgIpc) is 2.23. The van der Waals surface area contributed by atoms with E-state index < -0.39 is 0 Å². The van der Waals surface area contributed by atoms with Gasteiger partial charge in [-0.25, -0.2) is 0 Å². The number of carbonyl (C=O) groups is 1. The van der Waals surface area contributed by atoms with Gasteiger partial charge in [-0.05, 0) is 18.8 Å². The summed E-state index contributed by atoms with van der Waals surface area (Å²) in [6, 6.07) is 2.36. The molecular weight excluding hydrogens is 190 g/mol. The summed E-state index contributed by atoms with van der Waals surface area (Å²) in [5, 5.41) is 14.0. The van der Waals surface area contributed by atoms with Crippen molar-refractivity contribution in [3.05, 3.63) is 0 Å². The van der Waals surface area contributed by atoms with Crippen molar-refractivity contribution in [3.8, 4) is 6.07 Å². The molecule has 15 heavy (non-hydrogen) atoms. The minimum Gasteiger partial charge on any atom is -0.342 e. The Hall–Kier alpha value is -1.08. The van der Waals surface area contributed by atoms with E-state index in [4.69, 9.17) is 5.26 Å². The zero-order chi connectivity index (χ0) is 11.1. The molecule has 0 saturated heterocycles. The van der Waals surface area contributed by atoms with Crippen LogP contribution in [0.1, 0.15) is 32.6 Å². The largest absolute Gasteiger partial charge is 0.342 e. The van der Waals surface area contributed by atoms with Crippen molar-refractivity contribution < 1.29 is 4.79 Å². The van der Waals surface area contributed by atoms with Crippen molar-refractivity contribution >= 4 is 5.91 Å². The van der Waals surface area contributed by atoms with Gasteiger partial charge < -0.3 is 10.6 Å². The van der Waals surface area contributed by atoms with Gasteiger partial charge >= 0.3 is 0 Å². The first-order valence-electron chi connectivity index (χ1n) is 5.59. The van der Waals surface area contributed by atoms with Crippen molar-refractivity contribution in [2.45, 2.75) is 38.6 Å². The second-order valence-electron chi connectivity index (χ2n) is 4.28. The minimum absolute atomic E-state index is 0.0882. The summed E-state index contributed by atoms with van der Waals surface area (Å²) in [6.45, 7) is 2.68. The Labute approximate surface area is 91.0 Å². The summed E-state index contributed by atoms with van der Waals surface area (Å²) >= 11 is 0. The summed E-state index contributed by atoms with van der Waals surface area (Å²) in [6.07, 6.45) is 4.87. The monoisotopic (exact) mass is 209 g/mol. The molecule has 0 radical (unpaired) electrons. The molecule has 2 N–H and O–H groups in total. The van der Waals surface area contributed by atoms with Gasteiger partial charge in [0, 0.05) is 6.04 Å². The smallest absolute Gasteiger partial charge is 0.234 e. The molecule has 1 fully saturated rings. The Balaban J connectivity index is 2.13. The SMILES string of the molecule is CC1CCCC(NCC(=O)NCC#N)C1. The van der Waals surface area contributed by atoms with Crippen molar-refractivity contribution in [1.82, 2.24) is 10.6 Å². The van der Waals surface area contributed by atoms with Crippen molar-refractivity contribution in [2.75, 3.05) is 13.1 Å². The van der Waals surface area contributed by atoms with Crippen LogP contribution in [-0.2, 0) is 4.79 Å². The van der Waals surface area contributed by atoms with Gasteiger partial charge in [0.05, 0.1) is 12.6 Å². The molecule has 1 rings (SSSR count). The number of hydrogen-bond acceptors (Lipinski definition) is 3. The zero-order valence-corrected chi connectivity index (χ0v) is 9.25. The lowest BCUT2D eigenvalue weighted by Gasteiger charge is -2.27. The van der Waals surface area contributed by atoms with E-state index in [1.54, 1.807) is 0 Å². The summed E-state index contributed by atoms with van der Waals surface area (Å²) in [5.74, 6) is 0.674. The van der Waals surface area contributed by atoms with Gasteiger partial charge in [-0.15, -0.1) is 0 Å². The molecule has 0 heterocycles. The number of nitrogens with zero attached hydrogens (tertiary/aromatic N) is 1. The molecule has 0 aromatic rings. The van der Waals surface area contributed by atoms with Crippen LogP contribution in [0.2, 0.25) is 0 Å². The van der Waals surface area contributed by atoms with Crippen LogP contribution in [0, 0.1) is 17.2 Å². The number of nitriles is 1. The van der Waals surface area contributed by atoms with Gasteiger partial charge in [0.25, 0.3) is 0 Å². The fourth-order valence-corrected chi connectivity index (χ4v) is 2.06. The Kier molecular flexibility index (Phi) is 5.13. The zero-order valence-electron chi connectivity index (χ0n) is 9.25. The van der Waals surface area contributed by atoms with E-state index in [-0.39, 0.29) is 12.5 Å². The highest BCUT2D eigenvalue weighted by Gasteiger charge is 2.18. The maximum Gasteiger partial charge on any atom is 0.234 e. The summed E-state index contributed by atoms with van der Waals surface area (Å²) in [7, 11) is 0. The molecule has 1 aliphatic carbocycles. The number of carbonyl (C=O) groups excluding carboxylic acids is 1. The fraction of sp³-hybridized carbons (Fsp3) is 0.818. The van der Waals surface area contributed by atoms with Crippen LogP contribution < -0.4 is 10.6 Å². The lowest BCUT2D eigenvalue weighted by molar-refractivity contribution is -0.120. The summed E-state index contributed by atoms with van der Waals surface area (Å²) in [4.78, 5) is 11.2. The van der Waals surface area contributed by atoms with Crippen molar-refractivity contribution in [3.63, 3.8) is 0 Å². The normalized spacial score (nSPS) is 25.6. The highest BCUT2D eigenvalue weighted by Crippen LogP contribution is 2.23. The van der Waals surface area contributed by atoms with Crippen LogP contribution >= 0.6 is 0 Å². The van der Waals surface area contributed by atoms with Gasteiger partial charge in [-0.3, -0.25) is 4.79 Å². The van der Waals surface area contributed by atoms with E-state index >= 15 is 0 Å². The fourth-order valence-electron chi connectivity index (χ4n) is 2.06. The maximum atomic E-state index is 11.2. The highest BCUT2D eigenvalue weighted by molar-refractivity contribution is 5.78. The summed E-state index contributed by atoms with van der Waals surface area (Å²) in [5.41, 5.74) is 0. The molecule has 2 unspecified atom stereocenters. The average molecular weight is 209 g/mol. The quantitative estimate of drug-likeness (QED) is 0.673. The molecule has 4 nitrogen and oxygen atoms in total. The van der Waals surface area contributed by atoms with Crippen LogP contribution in [-0.4, -0.2) is 25.0 Å². The third-order valence-electron chi connectivity index (χ3n) is 2.85. The first-order chi connectivity index (χ1) is 7.22. The van der Waals surface area contributed by atoms with Gasteiger partial charge in [0.1, 0.15) is 6.54 Å². The number of hydrogen-bond donors (Lipinski definition) is 2. The van der Waals surface area contributed by atoms with Crippen LogP contribution in [0.4, 0.5) is 0 Å². The number of rotatable bonds is 4. The third kappa shape index (κ3) is 4.80. The van der Waals surface area contributed by atoms with Gasteiger partial charge in [-0.1, -0.05) is 19.8 Å².